The SMILES string of the molecule is C=C(C(=O)O)C(=O)c1ccc(C(C)(C)C)cc1. The van der Waals surface area contributed by atoms with Gasteiger partial charge in [0.2, 0.25) is 0 Å². The molecule has 0 unspecified atom stereocenters. The van der Waals surface area contributed by atoms with Crippen molar-refractivity contribution in [2.45, 2.75) is 26.2 Å². The Morgan fingerprint density at radius 3 is 1.94 bits per heavy atom. The number of Topliss-reactive ketones (excluding diaryl/α,β-unsaturated/α-hetero) is 1. The van der Waals surface area contributed by atoms with Crippen molar-refractivity contribution in [1.29, 1.82) is 0 Å². The summed E-state index contributed by atoms with van der Waals surface area (Å²) in [7, 11) is 0. The van der Waals surface area contributed by atoms with Gasteiger partial charge in [-0.2, -0.15) is 0 Å². The van der Waals surface area contributed by atoms with Gasteiger partial charge < -0.3 is 5.11 Å². The normalized spacial score (nSPS) is 11.0. The molecule has 0 aliphatic carbocycles. The van der Waals surface area contributed by atoms with Crippen LogP contribution < -0.4 is 0 Å². The first-order chi connectivity index (χ1) is 7.73. The molecule has 0 aromatic heterocycles. The maximum atomic E-state index is 11.7. The van der Waals surface area contributed by atoms with Gasteiger partial charge >= 0.3 is 5.97 Å². The molecule has 1 N–H and O–H groups in total. The highest BCUT2D eigenvalue weighted by molar-refractivity contribution is 6.23. The largest absolute Gasteiger partial charge is 0.478 e. The number of hydrogen-bond donors (Lipinski definition) is 1. The van der Waals surface area contributed by atoms with Crippen molar-refractivity contribution in [2.24, 2.45) is 0 Å². The van der Waals surface area contributed by atoms with Gasteiger partial charge in [-0.1, -0.05) is 51.6 Å². The molecule has 0 saturated heterocycles. The van der Waals surface area contributed by atoms with E-state index >= 15 is 0 Å². The Morgan fingerprint density at radius 2 is 1.59 bits per heavy atom. The second-order valence-corrected chi connectivity index (χ2v) is 4.94. The maximum Gasteiger partial charge on any atom is 0.339 e. The zero-order chi connectivity index (χ0) is 13.2. The van der Waals surface area contributed by atoms with E-state index in [1.807, 2.05) is 12.1 Å². The van der Waals surface area contributed by atoms with Gasteiger partial charge in [-0.05, 0) is 11.0 Å². The minimum atomic E-state index is -1.28. The molecule has 1 aromatic carbocycles. The minimum Gasteiger partial charge on any atom is -0.478 e. The number of aliphatic carboxylic acids is 1. The summed E-state index contributed by atoms with van der Waals surface area (Å²) in [5.41, 5.74) is 1.04. The van der Waals surface area contributed by atoms with Gasteiger partial charge in [0.15, 0.2) is 5.78 Å². The van der Waals surface area contributed by atoms with Crippen LogP contribution in [0.5, 0.6) is 0 Å². The summed E-state index contributed by atoms with van der Waals surface area (Å²) in [5, 5.41) is 8.68. The topological polar surface area (TPSA) is 54.4 Å². The Morgan fingerprint density at radius 1 is 1.12 bits per heavy atom. The number of ketones is 1. The highest BCUT2D eigenvalue weighted by Crippen LogP contribution is 2.22. The quantitative estimate of drug-likeness (QED) is 0.377. The number of rotatable bonds is 3. The third-order valence-electron chi connectivity index (χ3n) is 2.55. The van der Waals surface area contributed by atoms with Crippen molar-refractivity contribution in [1.82, 2.24) is 0 Å². The van der Waals surface area contributed by atoms with Crippen molar-refractivity contribution < 1.29 is 14.7 Å². The van der Waals surface area contributed by atoms with Gasteiger partial charge in [-0.3, -0.25) is 4.79 Å². The molecule has 17 heavy (non-hydrogen) atoms. The molecule has 0 heterocycles. The predicted molar refractivity (Wildman–Crippen MR) is 66.2 cm³/mol. The van der Waals surface area contributed by atoms with Gasteiger partial charge in [0.05, 0.1) is 0 Å². The molecule has 0 spiro atoms. The molecule has 3 nitrogen and oxygen atoms in total. The zero-order valence-corrected chi connectivity index (χ0v) is 10.3. The van der Waals surface area contributed by atoms with E-state index in [0.717, 1.165) is 5.56 Å². The molecule has 0 fully saturated rings. The first-order valence-corrected chi connectivity index (χ1v) is 5.31. The summed E-state index contributed by atoms with van der Waals surface area (Å²) < 4.78 is 0. The Bertz CT molecular complexity index is 461. The standard InChI is InChI=1S/C14H16O3/c1-9(13(16)17)12(15)10-5-7-11(8-6-10)14(2,3)4/h5-8H,1H2,2-4H3,(H,16,17). The lowest BCUT2D eigenvalue weighted by Gasteiger charge is -2.18. The molecule has 0 atom stereocenters. The van der Waals surface area contributed by atoms with Crippen LogP contribution in [0.2, 0.25) is 0 Å². The average molecular weight is 232 g/mol. The van der Waals surface area contributed by atoms with E-state index in [1.54, 1.807) is 12.1 Å². The first kappa shape index (κ1) is 13.2. The number of carbonyl (C=O) groups is 2. The zero-order valence-electron chi connectivity index (χ0n) is 10.3. The molecule has 0 saturated carbocycles. The van der Waals surface area contributed by atoms with Gasteiger partial charge in [0, 0.05) is 5.56 Å². The van der Waals surface area contributed by atoms with Crippen LogP contribution >= 0.6 is 0 Å². The summed E-state index contributed by atoms with van der Waals surface area (Å²) in [5.74, 6) is -1.83. The van der Waals surface area contributed by atoms with Crippen LogP contribution in [0.25, 0.3) is 0 Å². The number of benzene rings is 1. The van der Waals surface area contributed by atoms with Gasteiger partial charge in [0.1, 0.15) is 5.57 Å². The van der Waals surface area contributed by atoms with Crippen LogP contribution in [0.15, 0.2) is 36.4 Å². The third kappa shape index (κ3) is 3.03. The van der Waals surface area contributed by atoms with E-state index in [9.17, 15) is 9.59 Å². The summed E-state index contributed by atoms with van der Waals surface area (Å²) in [6, 6.07) is 6.94. The van der Waals surface area contributed by atoms with E-state index in [0.29, 0.717) is 5.56 Å². The van der Waals surface area contributed by atoms with E-state index in [2.05, 4.69) is 27.4 Å². The van der Waals surface area contributed by atoms with Crippen LogP contribution in [-0.4, -0.2) is 16.9 Å². The summed E-state index contributed by atoms with van der Waals surface area (Å²) in [6.07, 6.45) is 0. The Kier molecular flexibility index (Phi) is 3.51. The minimum absolute atomic E-state index is 0.00534. The monoisotopic (exact) mass is 232 g/mol. The molecule has 1 aromatic rings. The van der Waals surface area contributed by atoms with Crippen LogP contribution in [0, 0.1) is 0 Å². The lowest BCUT2D eigenvalue weighted by atomic mass is 9.86. The van der Waals surface area contributed by atoms with E-state index in [-0.39, 0.29) is 5.41 Å². The van der Waals surface area contributed by atoms with Gasteiger partial charge in [-0.25, -0.2) is 4.79 Å². The lowest BCUT2D eigenvalue weighted by molar-refractivity contribution is -0.132. The van der Waals surface area contributed by atoms with E-state index < -0.39 is 17.3 Å². The van der Waals surface area contributed by atoms with Gasteiger partial charge in [0.25, 0.3) is 0 Å². The van der Waals surface area contributed by atoms with Crippen LogP contribution in [0.4, 0.5) is 0 Å². The fourth-order valence-corrected chi connectivity index (χ4v) is 1.39. The molecule has 0 radical (unpaired) electrons. The number of carboxylic acids is 1. The Hall–Kier alpha value is -1.90. The molecular formula is C14H16O3. The fourth-order valence-electron chi connectivity index (χ4n) is 1.39. The number of hydrogen-bond acceptors (Lipinski definition) is 2. The molecular weight excluding hydrogens is 216 g/mol. The average Bonchev–Trinajstić information content (AvgIpc) is 2.26. The smallest absolute Gasteiger partial charge is 0.339 e. The molecule has 0 bridgehead atoms. The van der Waals surface area contributed by atoms with Crippen LogP contribution in [0.3, 0.4) is 0 Å². The summed E-state index contributed by atoms with van der Waals surface area (Å²) in [4.78, 5) is 22.3. The predicted octanol–water partition coefficient (Wildman–Crippen LogP) is 2.81. The van der Waals surface area contributed by atoms with Crippen molar-refractivity contribution in [2.75, 3.05) is 0 Å². The third-order valence-corrected chi connectivity index (χ3v) is 2.55. The van der Waals surface area contributed by atoms with Crippen molar-refractivity contribution in [3.05, 3.63) is 47.5 Å². The van der Waals surface area contributed by atoms with E-state index in [1.165, 1.54) is 0 Å². The lowest BCUT2D eigenvalue weighted by Crippen LogP contribution is -2.13. The van der Waals surface area contributed by atoms with Gasteiger partial charge in [-0.15, -0.1) is 0 Å². The molecule has 1 rings (SSSR count). The molecule has 3 heteroatoms. The molecule has 0 aliphatic rings. The number of carboxylic acid groups (broad SMARTS) is 1. The highest BCUT2D eigenvalue weighted by atomic mass is 16.4. The van der Waals surface area contributed by atoms with Crippen LogP contribution in [-0.2, 0) is 10.2 Å². The highest BCUT2D eigenvalue weighted by Gasteiger charge is 2.18. The molecule has 0 amide bonds. The number of carbonyl (C=O) groups excluding carboxylic acids is 1. The summed E-state index contributed by atoms with van der Waals surface area (Å²) >= 11 is 0. The van der Waals surface area contributed by atoms with Crippen molar-refractivity contribution in [3.8, 4) is 0 Å². The second kappa shape index (κ2) is 4.53. The summed E-state index contributed by atoms with van der Waals surface area (Å²) in [6.45, 7) is 9.46. The Labute approximate surface area is 101 Å². The molecule has 0 aliphatic heterocycles. The van der Waals surface area contributed by atoms with Crippen molar-refractivity contribution in [3.63, 3.8) is 0 Å². The first-order valence-electron chi connectivity index (χ1n) is 5.31. The maximum absolute atomic E-state index is 11.7. The van der Waals surface area contributed by atoms with E-state index in [4.69, 9.17) is 5.11 Å². The van der Waals surface area contributed by atoms with Crippen LogP contribution in [0.1, 0.15) is 36.7 Å². The fraction of sp³-hybridized carbons (Fsp3) is 0.286. The Balaban J connectivity index is 3.00. The second-order valence-electron chi connectivity index (χ2n) is 4.94. The van der Waals surface area contributed by atoms with Crippen molar-refractivity contribution >= 4 is 11.8 Å². The molecule has 90 valence electrons.